The summed E-state index contributed by atoms with van der Waals surface area (Å²) in [6.45, 7) is 4.43. The summed E-state index contributed by atoms with van der Waals surface area (Å²) in [5, 5.41) is 0. The number of amides is 1. The van der Waals surface area contributed by atoms with Gasteiger partial charge in [0, 0.05) is 12.2 Å². The van der Waals surface area contributed by atoms with Gasteiger partial charge in [0.2, 0.25) is 0 Å². The highest BCUT2D eigenvalue weighted by Crippen LogP contribution is 2.32. The van der Waals surface area contributed by atoms with Crippen LogP contribution in [0.25, 0.3) is 6.08 Å². The molecule has 5 heteroatoms. The summed E-state index contributed by atoms with van der Waals surface area (Å²) in [6, 6.07) is 16.9. The molecule has 0 unspecified atom stereocenters. The molecule has 0 bridgehead atoms. The predicted molar refractivity (Wildman–Crippen MR) is 112 cm³/mol. The number of methoxy groups -OCH3 is 1. The average Bonchev–Trinajstić information content (AvgIpc) is 2.96. The van der Waals surface area contributed by atoms with Gasteiger partial charge < -0.3 is 14.4 Å². The Kier molecular flexibility index (Phi) is 6.50. The average molecular weight is 391 g/mol. The molecule has 5 nitrogen and oxygen atoms in total. The van der Waals surface area contributed by atoms with Crippen molar-refractivity contribution in [2.24, 2.45) is 0 Å². The van der Waals surface area contributed by atoms with Crippen molar-refractivity contribution in [2.75, 3.05) is 13.7 Å². The number of rotatable bonds is 7. The van der Waals surface area contributed by atoms with Crippen LogP contribution in [0.2, 0.25) is 0 Å². The van der Waals surface area contributed by atoms with E-state index in [1.807, 2.05) is 54.6 Å². The fourth-order valence-corrected chi connectivity index (χ4v) is 3.27. The van der Waals surface area contributed by atoms with Gasteiger partial charge in [-0.3, -0.25) is 4.79 Å². The van der Waals surface area contributed by atoms with Crippen LogP contribution >= 0.6 is 0 Å². The molecule has 0 N–H and O–H groups in total. The lowest BCUT2D eigenvalue weighted by atomic mass is 10.0. The van der Waals surface area contributed by atoms with Gasteiger partial charge in [-0.05, 0) is 49.2 Å². The number of carbonyl (C=O) groups excluding carboxylic acids is 2. The number of hydrogen-bond acceptors (Lipinski definition) is 4. The van der Waals surface area contributed by atoms with Crippen LogP contribution in [0.1, 0.15) is 32.3 Å². The maximum atomic E-state index is 13.0. The van der Waals surface area contributed by atoms with E-state index in [0.29, 0.717) is 29.1 Å². The van der Waals surface area contributed by atoms with Crippen molar-refractivity contribution in [3.8, 4) is 11.5 Å². The molecule has 0 saturated carbocycles. The molecule has 0 spiro atoms. The third-order valence-corrected chi connectivity index (χ3v) is 4.78. The number of nitrogens with zero attached hydrogens (tertiary/aromatic N) is 1. The van der Waals surface area contributed by atoms with Crippen molar-refractivity contribution < 1.29 is 19.1 Å². The Labute approximate surface area is 171 Å². The highest BCUT2D eigenvalue weighted by atomic mass is 16.5. The first-order valence-electron chi connectivity index (χ1n) is 9.71. The molecule has 1 aliphatic rings. The molecular weight excluding hydrogens is 366 g/mol. The fraction of sp³-hybridized carbons (Fsp3) is 0.250. The highest BCUT2D eigenvalue weighted by Gasteiger charge is 2.36. The lowest BCUT2D eigenvalue weighted by Crippen LogP contribution is -2.26. The van der Waals surface area contributed by atoms with Crippen LogP contribution in [0.3, 0.4) is 0 Å². The molecule has 1 amide bonds. The van der Waals surface area contributed by atoms with Crippen LogP contribution in [0.5, 0.6) is 11.5 Å². The lowest BCUT2D eigenvalue weighted by Gasteiger charge is -2.17. The van der Waals surface area contributed by atoms with Crippen LogP contribution in [-0.2, 0) is 14.3 Å². The number of ether oxygens (including phenoxy) is 2. The molecule has 29 heavy (non-hydrogen) atoms. The van der Waals surface area contributed by atoms with Gasteiger partial charge >= 0.3 is 5.97 Å². The quantitative estimate of drug-likeness (QED) is 0.495. The van der Waals surface area contributed by atoms with Gasteiger partial charge in [-0.1, -0.05) is 43.7 Å². The van der Waals surface area contributed by atoms with Crippen molar-refractivity contribution in [1.29, 1.82) is 0 Å². The van der Waals surface area contributed by atoms with Crippen LogP contribution in [-0.4, -0.2) is 30.4 Å². The van der Waals surface area contributed by atoms with Gasteiger partial charge in [0.25, 0.3) is 5.91 Å². The molecular formula is C24H25NO4. The van der Waals surface area contributed by atoms with Gasteiger partial charge in [-0.2, -0.15) is 0 Å². The van der Waals surface area contributed by atoms with Gasteiger partial charge in [0.05, 0.1) is 18.3 Å². The summed E-state index contributed by atoms with van der Waals surface area (Å²) in [5.41, 5.74) is 2.08. The second-order valence-corrected chi connectivity index (χ2v) is 6.81. The summed E-state index contributed by atoms with van der Waals surface area (Å²) in [7, 11) is 1.33. The Hall–Kier alpha value is -3.34. The second kappa shape index (κ2) is 9.24. The fourth-order valence-electron chi connectivity index (χ4n) is 3.27. The Bertz CT molecular complexity index is 960. The van der Waals surface area contributed by atoms with E-state index in [-0.39, 0.29) is 5.91 Å². The molecule has 0 saturated heterocycles. The zero-order valence-corrected chi connectivity index (χ0v) is 17.0. The molecule has 0 radical (unpaired) electrons. The minimum atomic E-state index is -0.502. The van der Waals surface area contributed by atoms with E-state index in [2.05, 4.69) is 6.92 Å². The van der Waals surface area contributed by atoms with Crippen molar-refractivity contribution in [1.82, 2.24) is 4.90 Å². The Morgan fingerprint density at radius 1 is 1.07 bits per heavy atom. The summed E-state index contributed by atoms with van der Waals surface area (Å²) in [5.74, 6) is 0.702. The third kappa shape index (κ3) is 4.57. The predicted octanol–water partition coefficient (Wildman–Crippen LogP) is 4.95. The largest absolute Gasteiger partial charge is 0.465 e. The number of carbonyl (C=O) groups is 2. The van der Waals surface area contributed by atoms with Crippen molar-refractivity contribution in [2.45, 2.75) is 26.7 Å². The summed E-state index contributed by atoms with van der Waals surface area (Å²) < 4.78 is 10.8. The van der Waals surface area contributed by atoms with Crippen LogP contribution < -0.4 is 4.74 Å². The highest BCUT2D eigenvalue weighted by molar-refractivity contribution is 6.16. The van der Waals surface area contributed by atoms with Gasteiger partial charge in [-0.25, -0.2) is 4.79 Å². The first-order chi connectivity index (χ1) is 14.0. The van der Waals surface area contributed by atoms with Crippen molar-refractivity contribution >= 4 is 18.0 Å². The Morgan fingerprint density at radius 2 is 1.79 bits per heavy atom. The molecule has 2 aromatic carbocycles. The zero-order chi connectivity index (χ0) is 20.8. The maximum Gasteiger partial charge on any atom is 0.340 e. The molecule has 0 aliphatic carbocycles. The molecule has 3 rings (SSSR count). The van der Waals surface area contributed by atoms with Crippen LogP contribution in [0, 0.1) is 0 Å². The monoisotopic (exact) mass is 391 g/mol. The Morgan fingerprint density at radius 3 is 2.48 bits per heavy atom. The molecule has 0 fully saturated rings. The molecule has 0 atom stereocenters. The standard InChI is InChI=1S/C24H25NO4/c1-4-5-14-25-17(2)22(24(27)28-3)21(23(25)26)16-18-10-9-13-20(15-18)29-19-11-7-6-8-12-19/h6-13,15-16H,4-5,14H2,1-3H3/b21-16-. The maximum absolute atomic E-state index is 13.0. The van der Waals surface area contributed by atoms with Crippen molar-refractivity contribution in [3.63, 3.8) is 0 Å². The number of para-hydroxylation sites is 1. The van der Waals surface area contributed by atoms with Gasteiger partial charge in [0.1, 0.15) is 11.5 Å². The topological polar surface area (TPSA) is 55.8 Å². The van der Waals surface area contributed by atoms with E-state index >= 15 is 0 Å². The molecule has 1 aliphatic heterocycles. The normalized spacial score (nSPS) is 15.2. The number of hydrogen-bond donors (Lipinski definition) is 0. The zero-order valence-electron chi connectivity index (χ0n) is 17.0. The Balaban J connectivity index is 1.94. The number of esters is 1. The number of allylic oxidation sites excluding steroid dienone is 1. The first-order valence-corrected chi connectivity index (χ1v) is 9.71. The van der Waals surface area contributed by atoms with E-state index in [0.717, 1.165) is 24.2 Å². The third-order valence-electron chi connectivity index (χ3n) is 4.78. The van der Waals surface area contributed by atoms with Crippen molar-refractivity contribution in [3.05, 3.63) is 77.0 Å². The summed E-state index contributed by atoms with van der Waals surface area (Å²) in [4.78, 5) is 27.0. The van der Waals surface area contributed by atoms with E-state index in [1.165, 1.54) is 7.11 Å². The van der Waals surface area contributed by atoms with E-state index < -0.39 is 5.97 Å². The summed E-state index contributed by atoms with van der Waals surface area (Å²) in [6.07, 6.45) is 3.55. The van der Waals surface area contributed by atoms with E-state index in [9.17, 15) is 9.59 Å². The lowest BCUT2D eigenvalue weighted by molar-refractivity contribution is -0.136. The number of benzene rings is 2. The minimum absolute atomic E-state index is 0.175. The molecule has 1 heterocycles. The van der Waals surface area contributed by atoms with Gasteiger partial charge in [-0.15, -0.1) is 0 Å². The molecule has 2 aromatic rings. The SMILES string of the molecule is CCCCN1C(=O)/C(=C\c2cccc(Oc3ccccc3)c2)C(C(=O)OC)=C1C. The van der Waals surface area contributed by atoms with E-state index in [4.69, 9.17) is 9.47 Å². The smallest absolute Gasteiger partial charge is 0.340 e. The first kappa shape index (κ1) is 20.4. The summed E-state index contributed by atoms with van der Waals surface area (Å²) >= 11 is 0. The van der Waals surface area contributed by atoms with E-state index in [1.54, 1.807) is 17.9 Å². The second-order valence-electron chi connectivity index (χ2n) is 6.81. The van der Waals surface area contributed by atoms with Crippen LogP contribution in [0.4, 0.5) is 0 Å². The number of unbranched alkanes of at least 4 members (excludes halogenated alkanes) is 1. The minimum Gasteiger partial charge on any atom is -0.465 e. The molecule has 150 valence electrons. The molecule has 0 aromatic heterocycles. The van der Waals surface area contributed by atoms with Crippen LogP contribution in [0.15, 0.2) is 71.4 Å². The van der Waals surface area contributed by atoms with Gasteiger partial charge in [0.15, 0.2) is 0 Å².